The number of rotatable bonds is 5. The van der Waals surface area contributed by atoms with E-state index in [-0.39, 0.29) is 24.0 Å². The minimum atomic E-state index is -3.71. The van der Waals surface area contributed by atoms with Crippen LogP contribution in [0.5, 0.6) is 5.75 Å². The molecule has 1 aromatic carbocycles. The zero-order chi connectivity index (χ0) is 24.5. The summed E-state index contributed by atoms with van der Waals surface area (Å²) in [6.45, 7) is 13.4. The molecule has 1 heterocycles. The van der Waals surface area contributed by atoms with Crippen LogP contribution in [0.15, 0.2) is 0 Å². The Labute approximate surface area is 226 Å². The fourth-order valence-electron chi connectivity index (χ4n) is 4.08. The van der Waals surface area contributed by atoms with Gasteiger partial charge in [0.25, 0.3) is 0 Å². The fraction of sp³-hybridized carbons (Fsp3) is 0.684. The third-order valence-electron chi connectivity index (χ3n) is 6.30. The van der Waals surface area contributed by atoms with E-state index in [9.17, 15) is 8.42 Å². The van der Waals surface area contributed by atoms with E-state index in [1.54, 1.807) is 0 Å². The number of halogens is 3. The molecule has 6 nitrogen and oxygen atoms in total. The molecule has 176 valence electrons. The summed E-state index contributed by atoms with van der Waals surface area (Å²) in [4.78, 5) is 3.90. The Hall–Kier alpha value is 1.69. The van der Waals surface area contributed by atoms with Crippen molar-refractivity contribution >= 4 is 77.8 Å². The number of nitrogens with zero attached hydrogens (tertiary/aromatic N) is 1. The molecular formula is C19H30BI3NO5SV. The van der Waals surface area contributed by atoms with E-state index in [4.69, 9.17) is 17.8 Å². The summed E-state index contributed by atoms with van der Waals surface area (Å²) in [5.41, 5.74) is 2.65. The van der Waals surface area contributed by atoms with Crippen LogP contribution in [0.1, 0.15) is 48.6 Å². The summed E-state index contributed by atoms with van der Waals surface area (Å²) in [6.07, 6.45) is 1.12. The van der Waals surface area contributed by atoms with Crippen molar-refractivity contribution in [3.8, 4) is 5.75 Å². The van der Waals surface area contributed by atoms with E-state index in [0.717, 1.165) is 28.5 Å². The molecule has 2 radical (unpaired) electrons. The molecular weight excluding hydrogens is 797 g/mol. The fourth-order valence-corrected chi connectivity index (χ4v) is 5.28. The van der Waals surface area contributed by atoms with Gasteiger partial charge in [0.2, 0.25) is 10.0 Å². The van der Waals surface area contributed by atoms with Crippen molar-refractivity contribution in [2.75, 3.05) is 19.4 Å². The second-order valence-corrected chi connectivity index (χ2v) is 45.6. The van der Waals surface area contributed by atoms with Gasteiger partial charge in [0, 0.05) is 23.5 Å². The van der Waals surface area contributed by atoms with Crippen molar-refractivity contribution in [2.24, 2.45) is 5.92 Å². The van der Waals surface area contributed by atoms with E-state index in [0.29, 0.717) is 11.3 Å². The molecule has 1 aromatic rings. The molecule has 2 atom stereocenters. The Bertz CT molecular complexity index is 914. The predicted octanol–water partition coefficient (Wildman–Crippen LogP) is 5.45. The van der Waals surface area contributed by atoms with Crippen LogP contribution in [-0.2, 0) is 25.3 Å². The Morgan fingerprint density at radius 2 is 1.58 bits per heavy atom. The third kappa shape index (κ3) is 6.67. The SMILES string of the molecule is [B]C1(N(CCOO)S(C)(=O)=O)c2c(C)c(C)c(C)c(C)c2OC(C)(C)C1C.[I][V]([I])[I]. The van der Waals surface area contributed by atoms with Crippen LogP contribution in [0.2, 0.25) is 0 Å². The molecule has 31 heavy (non-hydrogen) atoms. The molecule has 1 N–H and O–H groups in total. The molecule has 2 unspecified atom stereocenters. The monoisotopic (exact) mass is 827 g/mol. The first-order valence-electron chi connectivity index (χ1n) is 9.54. The molecule has 0 spiro atoms. The van der Waals surface area contributed by atoms with E-state index in [2.05, 4.69) is 64.8 Å². The van der Waals surface area contributed by atoms with Gasteiger partial charge in [0.15, 0.2) is 0 Å². The van der Waals surface area contributed by atoms with Gasteiger partial charge in [-0.2, -0.15) is 4.31 Å². The van der Waals surface area contributed by atoms with E-state index in [1.807, 2.05) is 48.5 Å². The van der Waals surface area contributed by atoms with Crippen LogP contribution >= 0.6 is 59.9 Å². The zero-order valence-corrected chi connectivity index (χ0v) is 27.8. The summed E-state index contributed by atoms with van der Waals surface area (Å²) in [6, 6.07) is 0. The molecule has 12 heteroatoms. The minimum absolute atomic E-state index is 0.0723. The van der Waals surface area contributed by atoms with Crippen molar-refractivity contribution in [1.82, 2.24) is 4.31 Å². The number of hydrogen-bond acceptors (Lipinski definition) is 5. The van der Waals surface area contributed by atoms with Gasteiger partial charge in [-0.05, 0) is 63.8 Å². The van der Waals surface area contributed by atoms with Gasteiger partial charge in [0.1, 0.15) is 19.2 Å². The van der Waals surface area contributed by atoms with Gasteiger partial charge in [-0.15, -0.1) is 0 Å². The van der Waals surface area contributed by atoms with Crippen LogP contribution in [0.3, 0.4) is 0 Å². The van der Waals surface area contributed by atoms with Gasteiger partial charge < -0.3 is 4.74 Å². The first kappa shape index (κ1) is 30.7. The van der Waals surface area contributed by atoms with Crippen LogP contribution in [0, 0.1) is 33.6 Å². The van der Waals surface area contributed by atoms with Gasteiger partial charge in [-0.3, -0.25) is 5.26 Å². The van der Waals surface area contributed by atoms with E-state index in [1.165, 1.54) is 4.31 Å². The molecule has 1 aliphatic rings. The van der Waals surface area contributed by atoms with E-state index < -0.39 is 21.1 Å². The van der Waals surface area contributed by atoms with Crippen molar-refractivity contribution in [3.05, 3.63) is 27.8 Å². The third-order valence-corrected chi connectivity index (χ3v) is 7.58. The molecule has 0 saturated heterocycles. The summed E-state index contributed by atoms with van der Waals surface area (Å²) < 4.78 is 33.0. The summed E-state index contributed by atoms with van der Waals surface area (Å²) in [7, 11) is 3.27. The van der Waals surface area contributed by atoms with E-state index >= 15 is 0 Å². The Morgan fingerprint density at radius 3 is 2.00 bits per heavy atom. The Kier molecular flexibility index (Phi) is 11.5. The maximum atomic E-state index is 12.7. The molecule has 0 amide bonds. The van der Waals surface area contributed by atoms with Crippen LogP contribution in [0.4, 0.5) is 0 Å². The normalized spacial score (nSPS) is 22.6. The number of sulfonamides is 1. The van der Waals surface area contributed by atoms with Gasteiger partial charge in [-0.1, -0.05) is 6.92 Å². The van der Waals surface area contributed by atoms with Gasteiger partial charge >= 0.3 is 64.9 Å². The second-order valence-electron chi connectivity index (χ2n) is 8.32. The quantitative estimate of drug-likeness (QED) is 0.185. The first-order valence-corrected chi connectivity index (χ1v) is 24.9. The maximum absolute atomic E-state index is 12.7. The second kappa shape index (κ2) is 11.6. The van der Waals surface area contributed by atoms with Crippen LogP contribution < -0.4 is 4.74 Å². The number of hydrogen-bond donors (Lipinski definition) is 1. The summed E-state index contributed by atoms with van der Waals surface area (Å²) in [5.74, 6) is 0.269. The summed E-state index contributed by atoms with van der Waals surface area (Å²) in [5, 5.41) is 8.82. The molecule has 0 fully saturated rings. The van der Waals surface area contributed by atoms with Crippen molar-refractivity contribution in [3.63, 3.8) is 0 Å². The average Bonchev–Trinajstić information content (AvgIpc) is 2.61. The van der Waals surface area contributed by atoms with Crippen LogP contribution in [-0.4, -0.2) is 50.8 Å². The van der Waals surface area contributed by atoms with Gasteiger partial charge in [0.05, 0.1) is 12.9 Å². The Balaban J connectivity index is 0.00000110. The molecule has 0 bridgehead atoms. The topological polar surface area (TPSA) is 76.1 Å². The number of benzene rings is 1. The standard InChI is InChI=1S/C19H30BNO5S.3HI.V/c1-11-12(2)14(4)17-16(13(11)3)19(20,15(5)18(6,7)26-17)21(9-10-25-22)27(8,23)24;;;;/h15,22H,9-10H2,1-8H3;3*1H;/q;;;;+3/p-3. The van der Waals surface area contributed by atoms with Crippen molar-refractivity contribution in [1.29, 1.82) is 0 Å². The zero-order valence-electron chi connectivity index (χ0n) is 19.1. The number of ether oxygens (including phenoxy) is 1. The summed E-state index contributed by atoms with van der Waals surface area (Å²) >= 11 is 7.39. The molecule has 0 aliphatic carbocycles. The first-order chi connectivity index (χ1) is 13.9. The van der Waals surface area contributed by atoms with Crippen molar-refractivity contribution < 1.29 is 28.2 Å². The average molecular weight is 827 g/mol. The molecule has 1 aliphatic heterocycles. The molecule has 0 aromatic heterocycles. The molecule has 0 saturated carbocycles. The van der Waals surface area contributed by atoms with Crippen LogP contribution in [0.25, 0.3) is 0 Å². The Morgan fingerprint density at radius 1 is 1.13 bits per heavy atom. The van der Waals surface area contributed by atoms with Gasteiger partial charge in [-0.25, -0.2) is 13.3 Å². The number of fused-ring (bicyclic) bond motifs is 1. The molecule has 2 rings (SSSR count). The van der Waals surface area contributed by atoms with Crippen molar-refractivity contribution in [2.45, 2.75) is 59.5 Å². The predicted molar refractivity (Wildman–Crippen MR) is 149 cm³/mol.